The van der Waals surface area contributed by atoms with Crippen molar-refractivity contribution in [2.45, 2.75) is 19.3 Å². The van der Waals surface area contributed by atoms with E-state index in [4.69, 9.17) is 14.7 Å². The number of benzene rings is 5. The molecule has 0 aliphatic carbocycles. The van der Waals surface area contributed by atoms with Gasteiger partial charge < -0.3 is 4.74 Å². The van der Waals surface area contributed by atoms with Gasteiger partial charge in [0, 0.05) is 38.4 Å². The molecule has 4 heteroatoms. The maximum atomic E-state index is 9.38. The monoisotopic (exact) mass is 565 g/mol. The predicted molar refractivity (Wildman–Crippen MR) is 177 cm³/mol. The van der Waals surface area contributed by atoms with E-state index in [-0.39, 0.29) is 5.41 Å². The second kappa shape index (κ2) is 9.90. The molecular formula is C40H27N3O. The predicted octanol–water partition coefficient (Wildman–Crippen LogP) is 10.1. The molecule has 0 saturated heterocycles. The van der Waals surface area contributed by atoms with Crippen LogP contribution in [-0.2, 0) is 5.41 Å². The smallest absolute Gasteiger partial charge is 0.131 e. The lowest BCUT2D eigenvalue weighted by Crippen LogP contribution is -2.24. The van der Waals surface area contributed by atoms with Gasteiger partial charge in [-0.1, -0.05) is 92.7 Å². The van der Waals surface area contributed by atoms with Crippen LogP contribution in [0.25, 0.3) is 55.4 Å². The zero-order chi connectivity index (χ0) is 29.8. The summed E-state index contributed by atoms with van der Waals surface area (Å²) in [4.78, 5) is 10.2. The molecule has 2 aromatic heterocycles. The third-order valence-corrected chi connectivity index (χ3v) is 8.73. The van der Waals surface area contributed by atoms with Gasteiger partial charge in [0.2, 0.25) is 0 Å². The molecule has 0 atom stereocenters. The lowest BCUT2D eigenvalue weighted by Gasteiger charge is -2.34. The van der Waals surface area contributed by atoms with Gasteiger partial charge in [-0.25, -0.2) is 9.97 Å². The summed E-state index contributed by atoms with van der Waals surface area (Å²) in [6.45, 7) is 4.52. The number of pyridine rings is 2. The molecule has 7 aromatic rings. The number of fused-ring (bicyclic) bond motifs is 5. The first-order chi connectivity index (χ1) is 21.5. The Morgan fingerprint density at radius 2 is 1.14 bits per heavy atom. The lowest BCUT2D eigenvalue weighted by molar-refractivity contribution is 0.418. The number of aromatic nitrogens is 2. The van der Waals surface area contributed by atoms with Crippen LogP contribution in [0.1, 0.15) is 30.5 Å². The maximum absolute atomic E-state index is 9.38. The topological polar surface area (TPSA) is 58.8 Å². The van der Waals surface area contributed by atoms with Crippen LogP contribution in [0.4, 0.5) is 0 Å². The molecule has 3 heterocycles. The summed E-state index contributed by atoms with van der Waals surface area (Å²) in [5, 5.41) is 11.4. The lowest BCUT2D eigenvalue weighted by atomic mass is 9.75. The Bertz CT molecular complexity index is 2310. The second-order valence-electron chi connectivity index (χ2n) is 11.8. The molecule has 1 aliphatic rings. The number of para-hydroxylation sites is 1. The fourth-order valence-electron chi connectivity index (χ4n) is 6.32. The van der Waals surface area contributed by atoms with Gasteiger partial charge in [-0.2, -0.15) is 5.26 Å². The number of ether oxygens (including phenoxy) is 1. The highest BCUT2D eigenvalue weighted by Gasteiger charge is 2.34. The molecule has 1 aliphatic heterocycles. The van der Waals surface area contributed by atoms with Crippen LogP contribution in [0.2, 0.25) is 0 Å². The van der Waals surface area contributed by atoms with Crippen LogP contribution >= 0.6 is 0 Å². The van der Waals surface area contributed by atoms with Gasteiger partial charge in [0.15, 0.2) is 0 Å². The van der Waals surface area contributed by atoms with Gasteiger partial charge in [-0.05, 0) is 59.7 Å². The minimum absolute atomic E-state index is 0.180. The summed E-state index contributed by atoms with van der Waals surface area (Å²) in [6.07, 6.45) is 0. The van der Waals surface area contributed by atoms with Gasteiger partial charge in [-0.15, -0.1) is 0 Å². The van der Waals surface area contributed by atoms with Crippen LogP contribution in [0.15, 0.2) is 127 Å². The van der Waals surface area contributed by atoms with Crippen molar-refractivity contribution in [1.82, 2.24) is 9.97 Å². The Morgan fingerprint density at radius 3 is 1.86 bits per heavy atom. The van der Waals surface area contributed by atoms with E-state index in [1.165, 1.54) is 11.1 Å². The largest absolute Gasteiger partial charge is 0.457 e. The standard InChI is InChI=1S/C40H27N3O/c1-40(2)32-11-3-4-12-36(32)44-37-20-17-29(23-33(37)40)28-8-6-10-31(22-28)35-19-16-27-14-13-26-15-18-34(42-38(26)39(27)43-35)30-9-5-7-25(21-30)24-41/h3-23H,1-2H3. The second-order valence-corrected chi connectivity index (χ2v) is 11.8. The molecule has 44 heavy (non-hydrogen) atoms. The highest BCUT2D eigenvalue weighted by molar-refractivity contribution is 6.04. The van der Waals surface area contributed by atoms with Crippen molar-refractivity contribution in [2.75, 3.05) is 0 Å². The zero-order valence-corrected chi connectivity index (χ0v) is 24.4. The average Bonchev–Trinajstić information content (AvgIpc) is 3.08. The Labute approximate surface area is 255 Å². The van der Waals surface area contributed by atoms with Crippen LogP contribution in [0.5, 0.6) is 11.5 Å². The molecule has 4 nitrogen and oxygen atoms in total. The SMILES string of the molecule is CC1(C)c2ccccc2Oc2ccc(-c3cccc(-c4ccc5ccc6ccc(-c7cccc(C#N)c7)nc6c5n4)c3)cc21. The molecule has 0 radical (unpaired) electrons. The van der Waals surface area contributed by atoms with E-state index in [1.54, 1.807) is 6.07 Å². The summed E-state index contributed by atoms with van der Waals surface area (Å²) in [7, 11) is 0. The first-order valence-electron chi connectivity index (χ1n) is 14.7. The van der Waals surface area contributed by atoms with Crippen LogP contribution in [-0.4, -0.2) is 9.97 Å². The molecule has 208 valence electrons. The quantitative estimate of drug-likeness (QED) is 0.200. The van der Waals surface area contributed by atoms with Gasteiger partial charge in [-0.3, -0.25) is 0 Å². The summed E-state index contributed by atoms with van der Waals surface area (Å²) in [6, 6.07) is 45.6. The number of hydrogen-bond acceptors (Lipinski definition) is 4. The highest BCUT2D eigenvalue weighted by Crippen LogP contribution is 2.48. The molecule has 0 fully saturated rings. The van der Waals surface area contributed by atoms with Gasteiger partial charge in [0.05, 0.1) is 34.1 Å². The van der Waals surface area contributed by atoms with Crippen molar-refractivity contribution in [2.24, 2.45) is 0 Å². The minimum atomic E-state index is -0.180. The van der Waals surface area contributed by atoms with Crippen molar-refractivity contribution < 1.29 is 4.74 Å². The van der Waals surface area contributed by atoms with E-state index < -0.39 is 0 Å². The van der Waals surface area contributed by atoms with E-state index >= 15 is 0 Å². The summed E-state index contributed by atoms with van der Waals surface area (Å²) < 4.78 is 6.29. The van der Waals surface area contributed by atoms with E-state index in [9.17, 15) is 5.26 Å². The third-order valence-electron chi connectivity index (χ3n) is 8.73. The number of hydrogen-bond donors (Lipinski definition) is 0. The van der Waals surface area contributed by atoms with E-state index in [2.05, 4.69) is 105 Å². The van der Waals surface area contributed by atoms with Gasteiger partial charge >= 0.3 is 0 Å². The molecule has 0 saturated carbocycles. The first kappa shape index (κ1) is 25.9. The molecule has 5 aromatic carbocycles. The fraction of sp³-hybridized carbons (Fsp3) is 0.0750. The Hall–Kier alpha value is -5.79. The van der Waals surface area contributed by atoms with E-state index in [1.807, 2.05) is 36.4 Å². The highest BCUT2D eigenvalue weighted by atomic mass is 16.5. The molecular weight excluding hydrogens is 538 g/mol. The number of nitriles is 1. The minimum Gasteiger partial charge on any atom is -0.457 e. The molecule has 0 spiro atoms. The first-order valence-corrected chi connectivity index (χ1v) is 14.7. The number of nitrogens with zero attached hydrogens (tertiary/aromatic N) is 3. The van der Waals surface area contributed by atoms with Gasteiger partial charge in [0.25, 0.3) is 0 Å². The summed E-state index contributed by atoms with van der Waals surface area (Å²) in [5.74, 6) is 1.83. The molecule has 0 bridgehead atoms. The molecule has 0 N–H and O–H groups in total. The molecule has 0 amide bonds. The number of rotatable bonds is 3. The molecule has 8 rings (SSSR count). The maximum Gasteiger partial charge on any atom is 0.131 e. The average molecular weight is 566 g/mol. The Balaban J connectivity index is 1.21. The van der Waals surface area contributed by atoms with Crippen molar-refractivity contribution in [3.8, 4) is 51.2 Å². The van der Waals surface area contributed by atoms with Crippen LogP contribution in [0.3, 0.4) is 0 Å². The zero-order valence-electron chi connectivity index (χ0n) is 24.4. The summed E-state index contributed by atoms with van der Waals surface area (Å²) in [5.41, 5.74) is 10.4. The van der Waals surface area contributed by atoms with E-state index in [0.717, 1.165) is 66.9 Å². The van der Waals surface area contributed by atoms with Crippen LogP contribution < -0.4 is 4.74 Å². The Morgan fingerprint density at radius 1 is 0.545 bits per heavy atom. The third kappa shape index (κ3) is 4.21. The summed E-state index contributed by atoms with van der Waals surface area (Å²) >= 11 is 0. The normalized spacial score (nSPS) is 13.1. The van der Waals surface area contributed by atoms with Crippen molar-refractivity contribution in [1.29, 1.82) is 5.26 Å². The van der Waals surface area contributed by atoms with Crippen molar-refractivity contribution in [3.05, 3.63) is 144 Å². The van der Waals surface area contributed by atoms with Crippen molar-refractivity contribution >= 4 is 21.8 Å². The van der Waals surface area contributed by atoms with E-state index in [0.29, 0.717) is 5.56 Å². The molecule has 0 unspecified atom stereocenters. The van der Waals surface area contributed by atoms with Crippen LogP contribution in [0, 0.1) is 11.3 Å². The van der Waals surface area contributed by atoms with Crippen molar-refractivity contribution in [3.63, 3.8) is 0 Å². The fourth-order valence-corrected chi connectivity index (χ4v) is 6.32. The Kier molecular flexibility index (Phi) is 5.82. The van der Waals surface area contributed by atoms with Gasteiger partial charge in [0.1, 0.15) is 11.5 Å².